The first-order valence-electron chi connectivity index (χ1n) is 9.24. The molecule has 0 amide bonds. The van der Waals surface area contributed by atoms with E-state index in [1.54, 1.807) is 24.4 Å². The molecule has 0 aliphatic carbocycles. The van der Waals surface area contributed by atoms with Crippen molar-refractivity contribution >= 4 is 68.2 Å². The second kappa shape index (κ2) is 9.70. The fourth-order valence-electron chi connectivity index (χ4n) is 2.80. The molecular formula is C23H16ClN3O2S2. The molecule has 1 heterocycles. The highest BCUT2D eigenvalue weighted by Crippen LogP contribution is 2.35. The Morgan fingerprint density at radius 1 is 1.03 bits per heavy atom. The van der Waals surface area contributed by atoms with Crippen molar-refractivity contribution in [2.75, 3.05) is 5.32 Å². The van der Waals surface area contributed by atoms with Crippen LogP contribution in [0.15, 0.2) is 84.0 Å². The maximum atomic E-state index is 12.6. The number of carbonyl (C=O) groups is 1. The Kier molecular flexibility index (Phi) is 6.57. The topological polar surface area (TPSA) is 62.7 Å². The van der Waals surface area contributed by atoms with E-state index in [2.05, 4.69) is 15.8 Å². The minimum Gasteiger partial charge on any atom is -0.422 e. The second-order valence-electron chi connectivity index (χ2n) is 6.39. The van der Waals surface area contributed by atoms with Gasteiger partial charge in [-0.05, 0) is 48.1 Å². The van der Waals surface area contributed by atoms with Crippen LogP contribution in [-0.2, 0) is 0 Å². The van der Waals surface area contributed by atoms with Crippen LogP contribution in [0.3, 0.4) is 0 Å². The molecule has 1 aromatic heterocycles. The molecule has 0 unspecified atom stereocenters. The summed E-state index contributed by atoms with van der Waals surface area (Å²) in [7, 11) is 0. The molecule has 4 aromatic rings. The predicted octanol–water partition coefficient (Wildman–Crippen LogP) is 6.09. The monoisotopic (exact) mass is 465 g/mol. The van der Waals surface area contributed by atoms with Crippen molar-refractivity contribution in [3.05, 3.63) is 94.3 Å². The van der Waals surface area contributed by atoms with Crippen LogP contribution >= 0.6 is 35.2 Å². The fraction of sp³-hybridized carbons (Fsp3) is 0. The summed E-state index contributed by atoms with van der Waals surface area (Å²) in [6, 6.07) is 24.2. The highest BCUT2D eigenvalue weighted by molar-refractivity contribution is 7.80. The van der Waals surface area contributed by atoms with Gasteiger partial charge >= 0.3 is 5.97 Å². The number of nitrogens with one attached hydrogen (secondary N) is 2. The minimum atomic E-state index is -0.494. The molecule has 0 fully saturated rings. The van der Waals surface area contributed by atoms with E-state index < -0.39 is 5.97 Å². The zero-order chi connectivity index (χ0) is 21.6. The maximum Gasteiger partial charge on any atom is 0.355 e. The van der Waals surface area contributed by atoms with Crippen LogP contribution in [0, 0.1) is 0 Å². The van der Waals surface area contributed by atoms with Crippen LogP contribution in [0.1, 0.15) is 15.2 Å². The Morgan fingerprint density at radius 3 is 2.61 bits per heavy atom. The molecule has 0 bridgehead atoms. The summed E-state index contributed by atoms with van der Waals surface area (Å²) in [5, 5.41) is 8.76. The average molecular weight is 466 g/mol. The maximum absolute atomic E-state index is 12.6. The third kappa shape index (κ3) is 5.27. The summed E-state index contributed by atoms with van der Waals surface area (Å²) in [6.45, 7) is 0. The number of carbonyl (C=O) groups excluding carboxylic acids is 1. The molecule has 0 aliphatic rings. The van der Waals surface area contributed by atoms with Gasteiger partial charge in [-0.1, -0.05) is 60.1 Å². The van der Waals surface area contributed by atoms with E-state index in [0.29, 0.717) is 20.8 Å². The van der Waals surface area contributed by atoms with E-state index in [-0.39, 0.29) is 0 Å². The highest BCUT2D eigenvalue weighted by atomic mass is 35.5. The highest BCUT2D eigenvalue weighted by Gasteiger charge is 2.19. The summed E-state index contributed by atoms with van der Waals surface area (Å²) in [6.07, 6.45) is 1.59. The SMILES string of the molecule is O=C(Oc1cccc(C=NNC(=S)Nc2ccccc2)c1)c1sc2ccccc2c1Cl. The van der Waals surface area contributed by atoms with Crippen molar-refractivity contribution in [1.82, 2.24) is 5.43 Å². The molecule has 0 spiro atoms. The normalized spacial score (nSPS) is 10.9. The summed E-state index contributed by atoms with van der Waals surface area (Å²) in [5.41, 5.74) is 4.36. The standard InChI is InChI=1S/C23H16ClN3O2S2/c24-20-18-11-4-5-12-19(18)31-21(20)22(28)29-17-10-6-7-15(13-17)14-25-27-23(30)26-16-8-2-1-3-9-16/h1-14H,(H2,26,27,30). The Balaban J connectivity index is 1.39. The summed E-state index contributed by atoms with van der Waals surface area (Å²) in [4.78, 5) is 13.0. The van der Waals surface area contributed by atoms with Crippen molar-refractivity contribution in [2.45, 2.75) is 0 Å². The molecule has 0 aliphatic heterocycles. The van der Waals surface area contributed by atoms with E-state index in [1.807, 2.05) is 60.7 Å². The van der Waals surface area contributed by atoms with Gasteiger partial charge < -0.3 is 10.1 Å². The van der Waals surface area contributed by atoms with Gasteiger partial charge in [-0.25, -0.2) is 4.79 Å². The second-order valence-corrected chi connectivity index (χ2v) is 8.23. The molecule has 0 atom stereocenters. The quantitative estimate of drug-likeness (QED) is 0.123. The van der Waals surface area contributed by atoms with Gasteiger partial charge in [0.25, 0.3) is 0 Å². The third-order valence-corrected chi connectivity index (χ3v) is 6.05. The van der Waals surface area contributed by atoms with Crippen LogP contribution in [-0.4, -0.2) is 17.3 Å². The van der Waals surface area contributed by atoms with E-state index in [9.17, 15) is 4.79 Å². The largest absolute Gasteiger partial charge is 0.422 e. The number of thiophene rings is 1. The number of hydrazone groups is 1. The van der Waals surface area contributed by atoms with Gasteiger partial charge in [-0.3, -0.25) is 5.43 Å². The predicted molar refractivity (Wildman–Crippen MR) is 132 cm³/mol. The number of hydrogen-bond acceptors (Lipinski definition) is 5. The molecule has 0 radical (unpaired) electrons. The van der Waals surface area contributed by atoms with Crippen molar-refractivity contribution in [3.8, 4) is 5.75 Å². The van der Waals surface area contributed by atoms with Gasteiger partial charge in [0.15, 0.2) is 5.11 Å². The first-order chi connectivity index (χ1) is 15.1. The lowest BCUT2D eigenvalue weighted by atomic mass is 10.2. The molecule has 31 heavy (non-hydrogen) atoms. The summed E-state index contributed by atoms with van der Waals surface area (Å²) < 4.78 is 6.46. The van der Waals surface area contributed by atoms with Crippen LogP contribution in [0.25, 0.3) is 10.1 Å². The zero-order valence-electron chi connectivity index (χ0n) is 16.0. The van der Waals surface area contributed by atoms with Gasteiger partial charge in [-0.15, -0.1) is 11.3 Å². The molecule has 4 rings (SSSR count). The van der Waals surface area contributed by atoms with Crippen molar-refractivity contribution in [1.29, 1.82) is 0 Å². The van der Waals surface area contributed by atoms with Gasteiger partial charge in [-0.2, -0.15) is 5.10 Å². The molecule has 0 saturated carbocycles. The van der Waals surface area contributed by atoms with Crippen molar-refractivity contribution < 1.29 is 9.53 Å². The van der Waals surface area contributed by atoms with Gasteiger partial charge in [0.05, 0.1) is 11.2 Å². The Hall–Kier alpha value is -3.26. The number of halogens is 1. The Morgan fingerprint density at radius 2 is 1.81 bits per heavy atom. The van der Waals surface area contributed by atoms with Gasteiger partial charge in [0.1, 0.15) is 10.6 Å². The number of hydrogen-bond donors (Lipinski definition) is 2. The molecule has 5 nitrogen and oxygen atoms in total. The molecule has 8 heteroatoms. The Labute approximate surface area is 193 Å². The summed E-state index contributed by atoms with van der Waals surface area (Å²) in [5.74, 6) is -0.0980. The Bertz CT molecular complexity index is 1270. The lowest BCUT2D eigenvalue weighted by molar-refractivity contribution is 0.0740. The van der Waals surface area contributed by atoms with E-state index in [4.69, 9.17) is 28.6 Å². The molecule has 154 valence electrons. The van der Waals surface area contributed by atoms with Crippen LogP contribution in [0.4, 0.5) is 5.69 Å². The van der Waals surface area contributed by atoms with E-state index >= 15 is 0 Å². The van der Waals surface area contributed by atoms with Crippen LogP contribution in [0.2, 0.25) is 5.02 Å². The minimum absolute atomic E-state index is 0.365. The molecule has 3 aromatic carbocycles. The first-order valence-corrected chi connectivity index (χ1v) is 10.8. The lowest BCUT2D eigenvalue weighted by Crippen LogP contribution is -2.23. The zero-order valence-corrected chi connectivity index (χ0v) is 18.4. The van der Waals surface area contributed by atoms with E-state index in [1.165, 1.54) is 11.3 Å². The van der Waals surface area contributed by atoms with Gasteiger partial charge in [0.2, 0.25) is 0 Å². The number of thiocarbonyl (C=S) groups is 1. The van der Waals surface area contributed by atoms with Crippen molar-refractivity contribution in [2.24, 2.45) is 5.10 Å². The van der Waals surface area contributed by atoms with Crippen LogP contribution in [0.5, 0.6) is 5.75 Å². The van der Waals surface area contributed by atoms with Crippen LogP contribution < -0.4 is 15.5 Å². The molecular weight excluding hydrogens is 450 g/mol. The first kappa shape index (κ1) is 21.0. The van der Waals surface area contributed by atoms with Gasteiger partial charge in [0, 0.05) is 15.8 Å². The number of nitrogens with zero attached hydrogens (tertiary/aromatic N) is 1. The number of benzene rings is 3. The number of esters is 1. The molecule has 0 saturated heterocycles. The summed E-state index contributed by atoms with van der Waals surface area (Å²) >= 11 is 12.9. The number of anilines is 1. The van der Waals surface area contributed by atoms with E-state index in [0.717, 1.165) is 21.3 Å². The average Bonchev–Trinajstić information content (AvgIpc) is 3.12. The van der Waals surface area contributed by atoms with Crippen molar-refractivity contribution in [3.63, 3.8) is 0 Å². The molecule has 2 N–H and O–H groups in total. The smallest absolute Gasteiger partial charge is 0.355 e. The number of rotatable bonds is 5. The number of para-hydroxylation sites is 1. The number of fused-ring (bicyclic) bond motifs is 1. The fourth-order valence-corrected chi connectivity index (χ4v) is 4.36. The number of ether oxygens (including phenoxy) is 1. The third-order valence-electron chi connectivity index (χ3n) is 4.20. The lowest BCUT2D eigenvalue weighted by Gasteiger charge is -2.06.